The second-order valence-electron chi connectivity index (χ2n) is 19.7. The van der Waals surface area contributed by atoms with Gasteiger partial charge in [0.05, 0.1) is 6.61 Å². The first-order valence-corrected chi connectivity index (χ1v) is 30.1. The standard InChI is InChI=1S/C67H112O5/c1-3-5-7-9-11-13-15-17-19-21-22-23-24-25-26-27-28-29-30-31-32-33-34-35-36-37-38-39-40-41-42-43-44-46-48-50-52-54-56-58-60-62-67(70)72-65(63-68)64-71-66(69)61-59-57-55-53-51-49-47-45-20-18-16-14-12-10-8-6-4-2/h5-8,11-14,17-20,22-23,25-26,28-29,31-32,65,68H,3-4,9-10,15-16,21,24,27,30,33-64H2,1-2H3/b7-5-,8-6-,13-11-,14-12-,19-17-,20-18-,23-22-,26-25-,29-28-,32-31-. The summed E-state index contributed by atoms with van der Waals surface area (Å²) in [5.74, 6) is -0.599. The molecular formula is C67H112O5. The molecule has 72 heavy (non-hydrogen) atoms. The van der Waals surface area contributed by atoms with Crippen LogP contribution in [0.3, 0.4) is 0 Å². The largest absolute Gasteiger partial charge is 0.462 e. The van der Waals surface area contributed by atoms with Crippen LogP contribution in [0.15, 0.2) is 122 Å². The van der Waals surface area contributed by atoms with Gasteiger partial charge in [-0.2, -0.15) is 0 Å². The van der Waals surface area contributed by atoms with Crippen LogP contribution in [0.4, 0.5) is 0 Å². The third-order valence-electron chi connectivity index (χ3n) is 12.8. The van der Waals surface area contributed by atoms with E-state index in [4.69, 9.17) is 9.47 Å². The fraction of sp³-hybridized carbons (Fsp3) is 0.672. The molecule has 0 aromatic heterocycles. The van der Waals surface area contributed by atoms with E-state index in [1.807, 2.05) is 0 Å². The first-order valence-electron chi connectivity index (χ1n) is 30.1. The maximum absolute atomic E-state index is 12.3. The van der Waals surface area contributed by atoms with Gasteiger partial charge in [-0.1, -0.05) is 277 Å². The van der Waals surface area contributed by atoms with E-state index in [-0.39, 0.29) is 25.2 Å². The summed E-state index contributed by atoms with van der Waals surface area (Å²) >= 11 is 0. The molecule has 0 heterocycles. The Morgan fingerprint density at radius 2 is 0.556 bits per heavy atom. The number of hydrogen-bond acceptors (Lipinski definition) is 5. The highest BCUT2D eigenvalue weighted by Gasteiger charge is 2.16. The predicted molar refractivity (Wildman–Crippen MR) is 315 cm³/mol. The number of esters is 2. The minimum absolute atomic E-state index is 0.0737. The summed E-state index contributed by atoms with van der Waals surface area (Å²) in [7, 11) is 0. The van der Waals surface area contributed by atoms with Gasteiger partial charge in [0, 0.05) is 12.8 Å². The van der Waals surface area contributed by atoms with Crippen molar-refractivity contribution in [1.29, 1.82) is 0 Å². The molecule has 0 rings (SSSR count). The second-order valence-corrected chi connectivity index (χ2v) is 19.7. The fourth-order valence-electron chi connectivity index (χ4n) is 8.32. The number of ether oxygens (including phenoxy) is 2. The lowest BCUT2D eigenvalue weighted by molar-refractivity contribution is -0.161. The molecule has 0 amide bonds. The molecular weight excluding hydrogens is 885 g/mol. The molecule has 0 saturated carbocycles. The van der Waals surface area contributed by atoms with Crippen molar-refractivity contribution in [3.05, 3.63) is 122 Å². The minimum atomic E-state index is -0.781. The monoisotopic (exact) mass is 997 g/mol. The molecule has 1 atom stereocenters. The molecule has 5 heteroatoms. The molecule has 0 saturated heterocycles. The molecule has 0 aliphatic heterocycles. The molecule has 0 radical (unpaired) electrons. The van der Waals surface area contributed by atoms with Crippen LogP contribution in [0, 0.1) is 0 Å². The molecule has 0 spiro atoms. The molecule has 0 aromatic rings. The van der Waals surface area contributed by atoms with Crippen LogP contribution in [0.5, 0.6) is 0 Å². The number of aliphatic hydroxyl groups is 1. The van der Waals surface area contributed by atoms with Gasteiger partial charge >= 0.3 is 11.9 Å². The van der Waals surface area contributed by atoms with E-state index in [1.54, 1.807) is 0 Å². The number of carbonyl (C=O) groups is 2. The molecule has 0 bridgehead atoms. The van der Waals surface area contributed by atoms with E-state index in [1.165, 1.54) is 135 Å². The highest BCUT2D eigenvalue weighted by molar-refractivity contribution is 5.70. The number of unbranched alkanes of at least 4 members (excludes halogenated alkanes) is 26. The van der Waals surface area contributed by atoms with Crippen molar-refractivity contribution in [2.75, 3.05) is 13.2 Å². The van der Waals surface area contributed by atoms with E-state index in [2.05, 4.69) is 135 Å². The Bertz CT molecular complexity index is 1450. The van der Waals surface area contributed by atoms with Crippen LogP contribution in [-0.2, 0) is 19.1 Å². The van der Waals surface area contributed by atoms with Crippen molar-refractivity contribution in [1.82, 2.24) is 0 Å². The Morgan fingerprint density at radius 1 is 0.319 bits per heavy atom. The van der Waals surface area contributed by atoms with Crippen LogP contribution in [-0.4, -0.2) is 36.4 Å². The van der Waals surface area contributed by atoms with Crippen LogP contribution in [0.1, 0.15) is 271 Å². The highest BCUT2D eigenvalue weighted by Crippen LogP contribution is 2.16. The first-order chi connectivity index (χ1) is 35.6. The van der Waals surface area contributed by atoms with Gasteiger partial charge < -0.3 is 14.6 Å². The lowest BCUT2D eigenvalue weighted by Crippen LogP contribution is -2.28. The van der Waals surface area contributed by atoms with Crippen LogP contribution < -0.4 is 0 Å². The van der Waals surface area contributed by atoms with Crippen molar-refractivity contribution in [3.63, 3.8) is 0 Å². The van der Waals surface area contributed by atoms with E-state index in [9.17, 15) is 14.7 Å². The highest BCUT2D eigenvalue weighted by atomic mass is 16.6. The summed E-state index contributed by atoms with van der Waals surface area (Å²) in [4.78, 5) is 24.5. The molecule has 0 aliphatic carbocycles. The molecule has 0 aromatic carbocycles. The average Bonchev–Trinajstić information content (AvgIpc) is 3.38. The Labute approximate surface area is 445 Å². The first kappa shape index (κ1) is 68.3. The van der Waals surface area contributed by atoms with Gasteiger partial charge in [-0.05, 0) is 103 Å². The number of carbonyl (C=O) groups excluding carboxylic acids is 2. The molecule has 1 N–H and O–H groups in total. The summed E-state index contributed by atoms with van der Waals surface area (Å²) in [6, 6.07) is 0. The lowest BCUT2D eigenvalue weighted by atomic mass is 10.0. The van der Waals surface area contributed by atoms with E-state index < -0.39 is 6.10 Å². The van der Waals surface area contributed by atoms with Gasteiger partial charge in [0.2, 0.25) is 0 Å². The van der Waals surface area contributed by atoms with Crippen molar-refractivity contribution in [3.8, 4) is 0 Å². The second kappa shape index (κ2) is 61.6. The summed E-state index contributed by atoms with van der Waals surface area (Å²) in [6.45, 7) is 3.92. The van der Waals surface area contributed by atoms with Gasteiger partial charge in [0.1, 0.15) is 6.61 Å². The average molecular weight is 998 g/mol. The van der Waals surface area contributed by atoms with Crippen molar-refractivity contribution >= 4 is 11.9 Å². The molecule has 410 valence electrons. The van der Waals surface area contributed by atoms with Gasteiger partial charge in [-0.25, -0.2) is 0 Å². The smallest absolute Gasteiger partial charge is 0.306 e. The molecule has 0 fully saturated rings. The Hall–Kier alpha value is -3.70. The fourth-order valence-corrected chi connectivity index (χ4v) is 8.32. The molecule has 5 nitrogen and oxygen atoms in total. The van der Waals surface area contributed by atoms with Crippen LogP contribution >= 0.6 is 0 Å². The zero-order chi connectivity index (χ0) is 52.0. The van der Waals surface area contributed by atoms with Crippen molar-refractivity contribution < 1.29 is 24.2 Å². The summed E-state index contributed by atoms with van der Waals surface area (Å²) in [6.07, 6.45) is 90.5. The zero-order valence-corrected chi connectivity index (χ0v) is 46.9. The zero-order valence-electron chi connectivity index (χ0n) is 46.9. The third-order valence-corrected chi connectivity index (χ3v) is 12.8. The van der Waals surface area contributed by atoms with Crippen molar-refractivity contribution in [2.45, 2.75) is 277 Å². The summed E-state index contributed by atoms with van der Waals surface area (Å²) in [5.41, 5.74) is 0. The van der Waals surface area contributed by atoms with E-state index >= 15 is 0 Å². The lowest BCUT2D eigenvalue weighted by Gasteiger charge is -2.15. The summed E-state index contributed by atoms with van der Waals surface area (Å²) in [5, 5.41) is 9.65. The maximum Gasteiger partial charge on any atom is 0.306 e. The van der Waals surface area contributed by atoms with E-state index in [0.717, 1.165) is 109 Å². The van der Waals surface area contributed by atoms with Gasteiger partial charge in [0.25, 0.3) is 0 Å². The SMILES string of the molecule is CC/C=C\C/C=C\C/C=C\C/C=C\C/C=C\C/C=C\C/C=C\CCCCCCCCCCCCCCCCCCCCCC(=O)OC(CO)COC(=O)CCCCCCCCC/C=C\C/C=C\C/C=C\CC. The minimum Gasteiger partial charge on any atom is -0.462 e. The number of rotatable bonds is 54. The third kappa shape index (κ3) is 58.9. The topological polar surface area (TPSA) is 72.8 Å². The van der Waals surface area contributed by atoms with Gasteiger partial charge in [-0.15, -0.1) is 0 Å². The summed E-state index contributed by atoms with van der Waals surface area (Å²) < 4.78 is 10.7. The normalized spacial score (nSPS) is 13.1. The quantitative estimate of drug-likeness (QED) is 0.0373. The molecule has 0 aliphatic rings. The number of allylic oxidation sites excluding steroid dienone is 20. The Morgan fingerprint density at radius 3 is 0.833 bits per heavy atom. The Balaban J connectivity index is 3.47. The predicted octanol–water partition coefficient (Wildman–Crippen LogP) is 20.6. The van der Waals surface area contributed by atoms with Crippen LogP contribution in [0.25, 0.3) is 0 Å². The molecule has 1 unspecified atom stereocenters. The number of hydrogen-bond donors (Lipinski definition) is 1. The van der Waals surface area contributed by atoms with E-state index in [0.29, 0.717) is 12.8 Å². The maximum atomic E-state index is 12.3. The van der Waals surface area contributed by atoms with Gasteiger partial charge in [0.15, 0.2) is 6.10 Å². The van der Waals surface area contributed by atoms with Crippen molar-refractivity contribution in [2.24, 2.45) is 0 Å². The number of aliphatic hydroxyl groups excluding tert-OH is 1. The van der Waals surface area contributed by atoms with Gasteiger partial charge in [-0.3, -0.25) is 9.59 Å². The Kier molecular flexibility index (Phi) is 58.4. The van der Waals surface area contributed by atoms with Crippen LogP contribution in [0.2, 0.25) is 0 Å².